The Morgan fingerprint density at radius 2 is 1.88 bits per heavy atom. The van der Waals surface area contributed by atoms with Gasteiger partial charge >= 0.3 is 5.97 Å². The van der Waals surface area contributed by atoms with Gasteiger partial charge in [0.1, 0.15) is 5.75 Å². The first kappa shape index (κ1) is 11.3. The summed E-state index contributed by atoms with van der Waals surface area (Å²) in [5.74, 6) is -0.879. The minimum Gasteiger partial charge on any atom is -0.421 e. The first-order valence-electron chi connectivity index (χ1n) is 5.05. The van der Waals surface area contributed by atoms with Crippen molar-refractivity contribution in [2.75, 3.05) is 0 Å². The van der Waals surface area contributed by atoms with Gasteiger partial charge in [-0.25, -0.2) is 9.78 Å². The molecule has 0 aliphatic heterocycles. The summed E-state index contributed by atoms with van der Waals surface area (Å²) in [7, 11) is 0. The topological polar surface area (TPSA) is 39.2 Å². The molecule has 0 aliphatic carbocycles. The highest BCUT2D eigenvalue weighted by Crippen LogP contribution is 2.12. The molecule has 1 aromatic heterocycles. The van der Waals surface area contributed by atoms with Crippen molar-refractivity contribution in [3.63, 3.8) is 0 Å². The van der Waals surface area contributed by atoms with Crippen LogP contribution in [-0.2, 0) is 0 Å². The number of pyridine rings is 1. The van der Waals surface area contributed by atoms with Crippen LogP contribution in [-0.4, -0.2) is 11.0 Å². The fraction of sp³-hybridized carbons (Fsp3) is 0.0769. The van der Waals surface area contributed by atoms with E-state index in [1.807, 2.05) is 19.1 Å². The molecule has 0 fully saturated rings. The number of rotatable bonds is 2. The number of carbonyl (C=O) groups excluding carboxylic acids is 1. The lowest BCUT2D eigenvalue weighted by molar-refractivity contribution is 0.0734. The smallest absolute Gasteiger partial charge is 0.343 e. The standard InChI is InChI=1S/C13H10FNO2/c1-9-2-4-10(5-3-9)13(16)17-11-6-7-12(14)15-8-11/h2-8H,1H3. The van der Waals surface area contributed by atoms with Crippen molar-refractivity contribution in [1.29, 1.82) is 0 Å². The van der Waals surface area contributed by atoms with Crippen molar-refractivity contribution in [2.45, 2.75) is 6.92 Å². The van der Waals surface area contributed by atoms with E-state index in [2.05, 4.69) is 4.98 Å². The van der Waals surface area contributed by atoms with Crippen molar-refractivity contribution in [1.82, 2.24) is 4.98 Å². The summed E-state index contributed by atoms with van der Waals surface area (Å²) in [5.41, 5.74) is 1.50. The Labute approximate surface area is 97.9 Å². The SMILES string of the molecule is Cc1ccc(C(=O)Oc2ccc(F)nc2)cc1. The summed E-state index contributed by atoms with van der Waals surface area (Å²) < 4.78 is 17.6. The van der Waals surface area contributed by atoms with Crippen LogP contribution in [0.15, 0.2) is 42.6 Å². The van der Waals surface area contributed by atoms with Crippen LogP contribution in [0.4, 0.5) is 4.39 Å². The second-order valence-electron chi connectivity index (χ2n) is 3.57. The molecule has 0 radical (unpaired) electrons. The number of aromatic nitrogens is 1. The molecule has 0 N–H and O–H groups in total. The summed E-state index contributed by atoms with van der Waals surface area (Å²) in [5, 5.41) is 0. The molecule has 2 rings (SSSR count). The molecular weight excluding hydrogens is 221 g/mol. The molecule has 2 aromatic rings. The number of esters is 1. The van der Waals surface area contributed by atoms with Gasteiger partial charge in [-0.15, -0.1) is 0 Å². The van der Waals surface area contributed by atoms with E-state index < -0.39 is 11.9 Å². The second kappa shape index (κ2) is 4.74. The van der Waals surface area contributed by atoms with Gasteiger partial charge in [0.05, 0.1) is 11.8 Å². The molecule has 0 atom stereocenters. The highest BCUT2D eigenvalue weighted by atomic mass is 19.1. The van der Waals surface area contributed by atoms with Gasteiger partial charge < -0.3 is 4.74 Å². The average molecular weight is 231 g/mol. The molecule has 17 heavy (non-hydrogen) atoms. The molecule has 0 saturated carbocycles. The van der Waals surface area contributed by atoms with Crippen molar-refractivity contribution in [3.05, 3.63) is 59.7 Å². The Morgan fingerprint density at radius 1 is 1.18 bits per heavy atom. The van der Waals surface area contributed by atoms with Crippen LogP contribution in [0.25, 0.3) is 0 Å². The number of benzene rings is 1. The quantitative estimate of drug-likeness (QED) is 0.589. The van der Waals surface area contributed by atoms with Crippen LogP contribution in [0, 0.1) is 12.9 Å². The average Bonchev–Trinajstić information content (AvgIpc) is 2.33. The van der Waals surface area contributed by atoms with Crippen LogP contribution in [0.5, 0.6) is 5.75 Å². The maximum Gasteiger partial charge on any atom is 0.343 e. The molecule has 0 bridgehead atoms. The Kier molecular flexibility index (Phi) is 3.14. The van der Waals surface area contributed by atoms with E-state index in [0.29, 0.717) is 5.56 Å². The third-order valence-electron chi connectivity index (χ3n) is 2.20. The van der Waals surface area contributed by atoms with Gasteiger partial charge in [-0.1, -0.05) is 17.7 Å². The van der Waals surface area contributed by atoms with Crippen molar-refractivity contribution in [3.8, 4) is 5.75 Å². The monoisotopic (exact) mass is 231 g/mol. The van der Waals surface area contributed by atoms with Gasteiger partial charge in [0, 0.05) is 0 Å². The van der Waals surface area contributed by atoms with Gasteiger partial charge in [0.15, 0.2) is 0 Å². The number of aryl methyl sites for hydroxylation is 1. The Balaban J connectivity index is 2.11. The zero-order valence-electron chi connectivity index (χ0n) is 9.18. The van der Waals surface area contributed by atoms with Crippen molar-refractivity contribution < 1.29 is 13.9 Å². The Bertz CT molecular complexity index is 520. The molecule has 0 spiro atoms. The van der Waals surface area contributed by atoms with Gasteiger partial charge in [-0.2, -0.15) is 4.39 Å². The van der Waals surface area contributed by atoms with Gasteiger partial charge in [0.25, 0.3) is 0 Å². The first-order valence-corrected chi connectivity index (χ1v) is 5.05. The van der Waals surface area contributed by atoms with E-state index in [4.69, 9.17) is 4.74 Å². The summed E-state index contributed by atoms with van der Waals surface area (Å²) >= 11 is 0. The molecule has 3 nitrogen and oxygen atoms in total. The van der Waals surface area contributed by atoms with E-state index in [0.717, 1.165) is 11.6 Å². The molecule has 0 unspecified atom stereocenters. The summed E-state index contributed by atoms with van der Waals surface area (Å²) in [4.78, 5) is 15.1. The summed E-state index contributed by atoms with van der Waals surface area (Å²) in [6.07, 6.45) is 1.17. The normalized spacial score (nSPS) is 10.0. The van der Waals surface area contributed by atoms with Crippen LogP contribution < -0.4 is 4.74 Å². The van der Waals surface area contributed by atoms with Gasteiger partial charge in [-0.3, -0.25) is 0 Å². The third-order valence-corrected chi connectivity index (χ3v) is 2.20. The molecule has 0 saturated heterocycles. The Morgan fingerprint density at radius 3 is 2.47 bits per heavy atom. The zero-order chi connectivity index (χ0) is 12.3. The first-order chi connectivity index (χ1) is 8.15. The molecular formula is C13H10FNO2. The van der Waals surface area contributed by atoms with E-state index in [9.17, 15) is 9.18 Å². The number of ether oxygens (including phenoxy) is 1. The van der Waals surface area contributed by atoms with Crippen LogP contribution in [0.2, 0.25) is 0 Å². The van der Waals surface area contributed by atoms with E-state index >= 15 is 0 Å². The largest absolute Gasteiger partial charge is 0.421 e. The number of hydrogen-bond donors (Lipinski definition) is 0. The van der Waals surface area contributed by atoms with E-state index in [1.54, 1.807) is 12.1 Å². The highest BCUT2D eigenvalue weighted by Gasteiger charge is 2.08. The maximum atomic E-state index is 12.5. The molecule has 0 aliphatic rings. The lowest BCUT2D eigenvalue weighted by Gasteiger charge is -2.03. The molecule has 4 heteroatoms. The van der Waals surface area contributed by atoms with Gasteiger partial charge in [-0.05, 0) is 31.2 Å². The third kappa shape index (κ3) is 2.87. The van der Waals surface area contributed by atoms with Crippen molar-refractivity contribution in [2.24, 2.45) is 0 Å². The lowest BCUT2D eigenvalue weighted by Crippen LogP contribution is -2.08. The van der Waals surface area contributed by atoms with Crippen molar-refractivity contribution >= 4 is 5.97 Å². The fourth-order valence-corrected chi connectivity index (χ4v) is 1.28. The highest BCUT2D eigenvalue weighted by molar-refractivity contribution is 5.91. The van der Waals surface area contributed by atoms with E-state index in [-0.39, 0.29) is 5.75 Å². The fourth-order valence-electron chi connectivity index (χ4n) is 1.28. The number of hydrogen-bond acceptors (Lipinski definition) is 3. The summed E-state index contributed by atoms with van der Waals surface area (Å²) in [6, 6.07) is 9.48. The number of halogens is 1. The van der Waals surface area contributed by atoms with E-state index in [1.165, 1.54) is 12.3 Å². The predicted molar refractivity (Wildman–Crippen MR) is 60.3 cm³/mol. The maximum absolute atomic E-state index is 12.5. The molecule has 86 valence electrons. The lowest BCUT2D eigenvalue weighted by atomic mass is 10.1. The molecule has 1 heterocycles. The summed E-state index contributed by atoms with van der Waals surface area (Å²) in [6.45, 7) is 1.93. The van der Waals surface area contributed by atoms with Crippen LogP contribution in [0.1, 0.15) is 15.9 Å². The second-order valence-corrected chi connectivity index (χ2v) is 3.57. The molecule has 0 amide bonds. The Hall–Kier alpha value is -2.23. The minimum atomic E-state index is -0.611. The predicted octanol–water partition coefficient (Wildman–Crippen LogP) is 2.75. The number of nitrogens with zero attached hydrogens (tertiary/aromatic N) is 1. The minimum absolute atomic E-state index is 0.219. The number of carbonyl (C=O) groups is 1. The molecule has 1 aromatic carbocycles. The zero-order valence-corrected chi connectivity index (χ0v) is 9.18. The van der Waals surface area contributed by atoms with Gasteiger partial charge in [0.2, 0.25) is 5.95 Å². The van der Waals surface area contributed by atoms with Crippen LogP contribution in [0.3, 0.4) is 0 Å². The van der Waals surface area contributed by atoms with Crippen LogP contribution >= 0.6 is 0 Å².